The van der Waals surface area contributed by atoms with Gasteiger partial charge in [0.2, 0.25) is 11.8 Å². The number of rotatable bonds is 6. The van der Waals surface area contributed by atoms with Gasteiger partial charge in [0.1, 0.15) is 0 Å². The first-order valence-electron chi connectivity index (χ1n) is 9.99. The predicted octanol–water partition coefficient (Wildman–Crippen LogP) is 5.90. The van der Waals surface area contributed by atoms with Gasteiger partial charge in [-0.25, -0.2) is 4.90 Å². The quantitative estimate of drug-likeness (QED) is 0.199. The van der Waals surface area contributed by atoms with Crippen molar-refractivity contribution in [1.29, 1.82) is 0 Å². The second-order valence-corrected chi connectivity index (χ2v) is 9.40. The number of anilines is 2. The fourth-order valence-corrected chi connectivity index (χ4v) is 4.90. The van der Waals surface area contributed by atoms with Crippen molar-refractivity contribution in [3.8, 4) is 0 Å². The molecule has 2 amide bonds. The molecular weight excluding hydrogens is 479 g/mol. The Morgan fingerprint density at radius 2 is 1.76 bits per heavy atom. The zero-order chi connectivity index (χ0) is 23.5. The van der Waals surface area contributed by atoms with Gasteiger partial charge in [0.15, 0.2) is 5.78 Å². The number of nitrogens with two attached hydrogens (primary N) is 1. The summed E-state index contributed by atoms with van der Waals surface area (Å²) in [5.74, 6) is -0.815. The third-order valence-electron chi connectivity index (χ3n) is 5.05. The third kappa shape index (κ3) is 5.14. The fraction of sp³-hybridized carbons (Fsp3) is 0.0800. The van der Waals surface area contributed by atoms with E-state index in [1.54, 1.807) is 66.7 Å². The van der Waals surface area contributed by atoms with Crippen molar-refractivity contribution in [2.24, 2.45) is 0 Å². The summed E-state index contributed by atoms with van der Waals surface area (Å²) in [5, 5.41) is 0.254. The minimum absolute atomic E-state index is 0.0993. The van der Waals surface area contributed by atoms with Gasteiger partial charge in [-0.15, -0.1) is 11.8 Å². The average Bonchev–Trinajstić information content (AvgIpc) is 3.07. The van der Waals surface area contributed by atoms with E-state index in [2.05, 4.69) is 0 Å². The minimum Gasteiger partial charge on any atom is -0.399 e. The molecule has 1 atom stereocenters. The van der Waals surface area contributed by atoms with Crippen LogP contribution in [0.1, 0.15) is 22.3 Å². The maximum Gasteiger partial charge on any atom is 0.247 e. The van der Waals surface area contributed by atoms with Crippen LogP contribution in [-0.4, -0.2) is 22.8 Å². The number of thioether (sulfide) groups is 1. The zero-order valence-corrected chi connectivity index (χ0v) is 19.5. The van der Waals surface area contributed by atoms with Crippen LogP contribution in [0, 0.1) is 0 Å². The molecule has 1 aliphatic heterocycles. The second-order valence-electron chi connectivity index (χ2n) is 7.34. The number of halogens is 2. The van der Waals surface area contributed by atoms with Crippen molar-refractivity contribution in [3.05, 3.63) is 94.0 Å². The normalized spacial score (nSPS) is 16.1. The van der Waals surface area contributed by atoms with Crippen LogP contribution >= 0.6 is 35.0 Å². The Balaban J connectivity index is 1.46. The summed E-state index contributed by atoms with van der Waals surface area (Å²) in [7, 11) is 0. The number of carbonyl (C=O) groups is 3. The maximum atomic E-state index is 12.9. The monoisotopic (exact) mass is 496 g/mol. The van der Waals surface area contributed by atoms with Gasteiger partial charge >= 0.3 is 0 Å². The Kier molecular flexibility index (Phi) is 6.88. The van der Waals surface area contributed by atoms with Gasteiger partial charge in [0.25, 0.3) is 0 Å². The van der Waals surface area contributed by atoms with Crippen molar-refractivity contribution >= 4 is 70.0 Å². The number of allylic oxidation sites excluding steroid dienone is 1. The molecule has 0 bridgehead atoms. The number of imide groups is 1. The number of hydrogen-bond donors (Lipinski definition) is 1. The number of hydrogen-bond acceptors (Lipinski definition) is 5. The van der Waals surface area contributed by atoms with Crippen LogP contribution in [0.15, 0.2) is 77.7 Å². The smallest absolute Gasteiger partial charge is 0.247 e. The van der Waals surface area contributed by atoms with E-state index in [0.717, 1.165) is 4.90 Å². The maximum absolute atomic E-state index is 12.9. The van der Waals surface area contributed by atoms with E-state index in [-0.39, 0.29) is 24.0 Å². The van der Waals surface area contributed by atoms with Crippen LogP contribution in [0.2, 0.25) is 10.0 Å². The highest BCUT2D eigenvalue weighted by atomic mass is 35.5. The van der Waals surface area contributed by atoms with Crippen molar-refractivity contribution in [1.82, 2.24) is 0 Å². The van der Waals surface area contributed by atoms with E-state index in [9.17, 15) is 14.4 Å². The molecule has 0 aromatic heterocycles. The van der Waals surface area contributed by atoms with Crippen LogP contribution < -0.4 is 10.6 Å². The van der Waals surface area contributed by atoms with Gasteiger partial charge in [0.05, 0.1) is 21.0 Å². The number of ketones is 1. The Hall–Kier alpha value is -3.06. The Morgan fingerprint density at radius 1 is 1.03 bits per heavy atom. The lowest BCUT2D eigenvalue weighted by molar-refractivity contribution is -0.121. The summed E-state index contributed by atoms with van der Waals surface area (Å²) >= 11 is 13.5. The minimum atomic E-state index is -0.522. The number of nitrogens with zero attached hydrogens (tertiary/aromatic N) is 1. The van der Waals surface area contributed by atoms with E-state index >= 15 is 0 Å². The molecule has 1 unspecified atom stereocenters. The molecule has 3 aromatic carbocycles. The first-order chi connectivity index (χ1) is 15.8. The largest absolute Gasteiger partial charge is 0.399 e. The van der Waals surface area contributed by atoms with Crippen LogP contribution in [0.4, 0.5) is 11.4 Å². The van der Waals surface area contributed by atoms with Crippen LogP contribution in [-0.2, 0) is 9.59 Å². The Labute approximate surface area is 205 Å². The highest BCUT2D eigenvalue weighted by Gasteiger charge is 2.40. The van der Waals surface area contributed by atoms with Gasteiger partial charge in [-0.05, 0) is 66.2 Å². The molecule has 2 N–H and O–H groups in total. The van der Waals surface area contributed by atoms with Crippen LogP contribution in [0.5, 0.6) is 0 Å². The molecule has 33 heavy (non-hydrogen) atoms. The lowest BCUT2D eigenvalue weighted by Crippen LogP contribution is -2.31. The summed E-state index contributed by atoms with van der Waals surface area (Å²) in [4.78, 5) is 40.0. The molecule has 0 spiro atoms. The molecule has 1 heterocycles. The van der Waals surface area contributed by atoms with E-state index in [1.165, 1.54) is 22.7 Å². The average molecular weight is 497 g/mol. The summed E-state index contributed by atoms with van der Waals surface area (Å²) < 4.78 is 0. The first kappa shape index (κ1) is 23.1. The molecule has 0 saturated carbocycles. The van der Waals surface area contributed by atoms with Crippen molar-refractivity contribution in [3.63, 3.8) is 0 Å². The summed E-state index contributed by atoms with van der Waals surface area (Å²) in [5.41, 5.74) is 7.87. The van der Waals surface area contributed by atoms with Crippen LogP contribution in [0.3, 0.4) is 0 Å². The van der Waals surface area contributed by atoms with Gasteiger partial charge < -0.3 is 5.73 Å². The molecule has 8 heteroatoms. The van der Waals surface area contributed by atoms with E-state index in [1.807, 2.05) is 6.07 Å². The molecular formula is C25H18Cl2N2O3S. The molecule has 3 aromatic rings. The molecule has 1 aliphatic rings. The van der Waals surface area contributed by atoms with Crippen molar-refractivity contribution in [2.75, 3.05) is 10.6 Å². The SMILES string of the molecule is Nc1cccc(SC2CC(=O)N(c3ccc(C(=O)/C=C/c4cccc(Cl)c4Cl)cc3)C2=O)c1. The summed E-state index contributed by atoms with van der Waals surface area (Å²) in [6, 6.07) is 18.7. The van der Waals surface area contributed by atoms with Gasteiger partial charge in [-0.1, -0.05) is 41.4 Å². The molecule has 1 fully saturated rings. The molecule has 166 valence electrons. The summed E-state index contributed by atoms with van der Waals surface area (Å²) in [6.07, 6.45) is 3.09. The van der Waals surface area contributed by atoms with Crippen molar-refractivity contribution < 1.29 is 14.4 Å². The standard InChI is InChI=1S/C25H18Cl2N2O3S/c26-20-6-1-3-16(24(20)27)9-12-21(30)15-7-10-18(11-8-15)29-23(31)14-22(25(29)32)33-19-5-2-4-17(28)13-19/h1-13,22H,14,28H2/b12-9+. The molecule has 1 saturated heterocycles. The number of carbonyl (C=O) groups excluding carboxylic acids is 3. The van der Waals surface area contributed by atoms with Gasteiger partial charge in [0, 0.05) is 22.6 Å². The van der Waals surface area contributed by atoms with E-state index < -0.39 is 5.25 Å². The lowest BCUT2D eigenvalue weighted by Gasteiger charge is -2.15. The van der Waals surface area contributed by atoms with Gasteiger partial charge in [-0.2, -0.15) is 0 Å². The highest BCUT2D eigenvalue weighted by molar-refractivity contribution is 8.00. The Morgan fingerprint density at radius 3 is 2.48 bits per heavy atom. The number of nitrogen functional groups attached to an aromatic ring is 1. The molecule has 0 aliphatic carbocycles. The van der Waals surface area contributed by atoms with Crippen molar-refractivity contribution in [2.45, 2.75) is 16.6 Å². The number of amides is 2. The van der Waals surface area contributed by atoms with E-state index in [4.69, 9.17) is 28.9 Å². The molecule has 0 radical (unpaired) electrons. The fourth-order valence-electron chi connectivity index (χ4n) is 3.41. The topological polar surface area (TPSA) is 80.5 Å². The highest BCUT2D eigenvalue weighted by Crippen LogP contribution is 2.34. The second kappa shape index (κ2) is 9.83. The van der Waals surface area contributed by atoms with Crippen LogP contribution in [0.25, 0.3) is 6.08 Å². The molecule has 5 nitrogen and oxygen atoms in total. The first-order valence-corrected chi connectivity index (χ1v) is 11.6. The number of benzene rings is 3. The molecule has 4 rings (SSSR count). The third-order valence-corrected chi connectivity index (χ3v) is 7.06. The van der Waals surface area contributed by atoms with E-state index in [0.29, 0.717) is 32.5 Å². The lowest BCUT2D eigenvalue weighted by atomic mass is 10.1. The Bertz CT molecular complexity index is 1270. The zero-order valence-electron chi connectivity index (χ0n) is 17.2. The van der Waals surface area contributed by atoms with Gasteiger partial charge in [-0.3, -0.25) is 14.4 Å². The summed E-state index contributed by atoms with van der Waals surface area (Å²) in [6.45, 7) is 0. The predicted molar refractivity (Wildman–Crippen MR) is 134 cm³/mol.